The Balaban J connectivity index is 1.47. The number of unbranched alkanes of at least 4 members (excludes halogenated alkanes) is 1. The molecule has 0 bridgehead atoms. The number of nitrogens with one attached hydrogen (secondary N) is 1. The van der Waals surface area contributed by atoms with Crippen LogP contribution in [0.2, 0.25) is 0 Å². The summed E-state index contributed by atoms with van der Waals surface area (Å²) in [4.78, 5) is 16.5. The first-order valence-corrected chi connectivity index (χ1v) is 11.7. The Morgan fingerprint density at radius 2 is 2.00 bits per heavy atom. The van der Waals surface area contributed by atoms with Crippen LogP contribution in [0, 0.1) is 5.92 Å². The number of nitrogens with zero attached hydrogens (tertiary/aromatic N) is 4. The highest BCUT2D eigenvalue weighted by Gasteiger charge is 2.30. The number of aromatic nitrogens is 3. The fourth-order valence-electron chi connectivity index (χ4n) is 3.52. The van der Waals surface area contributed by atoms with Gasteiger partial charge in [-0.3, -0.25) is 4.79 Å². The van der Waals surface area contributed by atoms with E-state index in [0.717, 1.165) is 17.5 Å². The van der Waals surface area contributed by atoms with Crippen molar-refractivity contribution in [2.24, 2.45) is 5.92 Å². The summed E-state index contributed by atoms with van der Waals surface area (Å²) >= 11 is 0. The zero-order valence-corrected chi connectivity index (χ0v) is 17.6. The third-order valence-corrected chi connectivity index (χ3v) is 7.20. The molecule has 1 N–H and O–H groups in total. The first kappa shape index (κ1) is 21.4. The summed E-state index contributed by atoms with van der Waals surface area (Å²) in [5.41, 5.74) is 2.11. The fraction of sp³-hybridized carbons (Fsp3) is 0.550. The van der Waals surface area contributed by atoms with E-state index in [1.807, 2.05) is 31.2 Å². The van der Waals surface area contributed by atoms with E-state index in [2.05, 4.69) is 15.4 Å². The van der Waals surface area contributed by atoms with Crippen LogP contribution in [0.25, 0.3) is 0 Å². The molecular weight excluding hydrogens is 390 g/mol. The third-order valence-electron chi connectivity index (χ3n) is 5.24. The Morgan fingerprint density at radius 1 is 1.24 bits per heavy atom. The van der Waals surface area contributed by atoms with Gasteiger partial charge in [-0.05, 0) is 30.4 Å². The molecule has 2 aromatic rings. The van der Waals surface area contributed by atoms with E-state index in [9.17, 15) is 13.2 Å². The van der Waals surface area contributed by atoms with Crippen LogP contribution in [-0.4, -0.2) is 52.2 Å². The molecule has 1 amide bonds. The molecule has 3 rings (SSSR count). The second kappa shape index (κ2) is 9.98. The molecule has 0 saturated carbocycles. The molecular formula is C20H29N5O3S. The van der Waals surface area contributed by atoms with Crippen molar-refractivity contribution in [3.05, 3.63) is 48.0 Å². The number of rotatable bonds is 9. The number of amides is 1. The smallest absolute Gasteiger partial charge is 0.223 e. The van der Waals surface area contributed by atoms with Crippen LogP contribution in [0.15, 0.2) is 36.9 Å². The zero-order valence-electron chi connectivity index (χ0n) is 16.8. The van der Waals surface area contributed by atoms with Crippen molar-refractivity contribution in [1.29, 1.82) is 0 Å². The first-order valence-electron chi connectivity index (χ1n) is 10.1. The molecule has 158 valence electrons. The summed E-state index contributed by atoms with van der Waals surface area (Å²) in [6, 6.07) is 8.01. The van der Waals surface area contributed by atoms with Crippen LogP contribution in [-0.2, 0) is 27.9 Å². The minimum absolute atomic E-state index is 0.00251. The van der Waals surface area contributed by atoms with Crippen LogP contribution in [0.1, 0.15) is 43.7 Å². The van der Waals surface area contributed by atoms with Gasteiger partial charge in [-0.25, -0.2) is 22.4 Å². The first-order chi connectivity index (χ1) is 14.0. The van der Waals surface area contributed by atoms with Gasteiger partial charge in [0.2, 0.25) is 15.9 Å². The Labute approximate surface area is 172 Å². The molecule has 0 radical (unpaired) electrons. The number of benzene rings is 1. The monoisotopic (exact) mass is 419 g/mol. The van der Waals surface area contributed by atoms with Crippen LogP contribution in [0.3, 0.4) is 0 Å². The SMILES string of the molecule is CCCCS(=O)(=O)N1CCC(C(=O)NCc2cccc(Cn3cncn3)c2)CC1. The molecule has 9 heteroatoms. The predicted octanol–water partition coefficient (Wildman–Crippen LogP) is 1.78. The summed E-state index contributed by atoms with van der Waals surface area (Å²) in [5, 5.41) is 7.11. The second-order valence-corrected chi connectivity index (χ2v) is 9.56. The number of carbonyl (C=O) groups excluding carboxylic acids is 1. The molecule has 1 aromatic carbocycles. The topological polar surface area (TPSA) is 97.2 Å². The van der Waals surface area contributed by atoms with E-state index in [4.69, 9.17) is 0 Å². The molecule has 0 aliphatic carbocycles. The van der Waals surface area contributed by atoms with E-state index >= 15 is 0 Å². The lowest BCUT2D eigenvalue weighted by atomic mass is 9.97. The molecule has 0 spiro atoms. The Morgan fingerprint density at radius 3 is 2.69 bits per heavy atom. The van der Waals surface area contributed by atoms with Crippen LogP contribution < -0.4 is 5.32 Å². The number of hydrogen-bond donors (Lipinski definition) is 1. The van der Waals surface area contributed by atoms with E-state index < -0.39 is 10.0 Å². The third kappa shape index (κ3) is 6.11. The highest BCUT2D eigenvalue weighted by atomic mass is 32.2. The van der Waals surface area contributed by atoms with Crippen LogP contribution in [0.4, 0.5) is 0 Å². The summed E-state index contributed by atoms with van der Waals surface area (Å²) < 4.78 is 27.9. The van der Waals surface area contributed by atoms with Crippen molar-refractivity contribution in [2.75, 3.05) is 18.8 Å². The molecule has 1 saturated heterocycles. The van der Waals surface area contributed by atoms with Gasteiger partial charge in [0.15, 0.2) is 0 Å². The van der Waals surface area contributed by atoms with Gasteiger partial charge in [0, 0.05) is 25.6 Å². The maximum atomic E-state index is 12.5. The number of hydrogen-bond acceptors (Lipinski definition) is 5. The van der Waals surface area contributed by atoms with E-state index in [-0.39, 0.29) is 17.6 Å². The van der Waals surface area contributed by atoms with Gasteiger partial charge in [0.1, 0.15) is 12.7 Å². The van der Waals surface area contributed by atoms with Gasteiger partial charge in [-0.15, -0.1) is 0 Å². The van der Waals surface area contributed by atoms with Crippen molar-refractivity contribution in [3.63, 3.8) is 0 Å². The minimum Gasteiger partial charge on any atom is -0.352 e. The van der Waals surface area contributed by atoms with E-state index in [1.165, 1.54) is 6.33 Å². The number of sulfonamides is 1. The van der Waals surface area contributed by atoms with Crippen molar-refractivity contribution >= 4 is 15.9 Å². The van der Waals surface area contributed by atoms with Gasteiger partial charge >= 0.3 is 0 Å². The lowest BCUT2D eigenvalue weighted by Gasteiger charge is -2.30. The molecule has 29 heavy (non-hydrogen) atoms. The minimum atomic E-state index is -3.19. The Kier molecular flexibility index (Phi) is 7.38. The molecule has 1 aliphatic heterocycles. The lowest BCUT2D eigenvalue weighted by molar-refractivity contribution is -0.126. The molecule has 1 aromatic heterocycles. The van der Waals surface area contributed by atoms with Gasteiger partial charge in [-0.1, -0.05) is 37.6 Å². The zero-order chi connectivity index (χ0) is 20.7. The van der Waals surface area contributed by atoms with Gasteiger partial charge in [-0.2, -0.15) is 5.10 Å². The highest BCUT2D eigenvalue weighted by Crippen LogP contribution is 2.21. The molecule has 1 fully saturated rings. The largest absolute Gasteiger partial charge is 0.352 e. The highest BCUT2D eigenvalue weighted by molar-refractivity contribution is 7.89. The molecule has 0 unspecified atom stereocenters. The predicted molar refractivity (Wildman–Crippen MR) is 110 cm³/mol. The molecule has 2 heterocycles. The molecule has 0 atom stereocenters. The average molecular weight is 420 g/mol. The summed E-state index contributed by atoms with van der Waals surface area (Å²) in [5.74, 6) is 0.0638. The summed E-state index contributed by atoms with van der Waals surface area (Å²) in [7, 11) is -3.19. The summed E-state index contributed by atoms with van der Waals surface area (Å²) in [6.45, 7) is 3.93. The molecule has 1 aliphatic rings. The van der Waals surface area contributed by atoms with Crippen LogP contribution in [0.5, 0.6) is 0 Å². The van der Waals surface area contributed by atoms with E-state index in [1.54, 1.807) is 15.3 Å². The lowest BCUT2D eigenvalue weighted by Crippen LogP contribution is -2.43. The Bertz CT molecular complexity index is 891. The normalized spacial score (nSPS) is 16.0. The summed E-state index contributed by atoms with van der Waals surface area (Å²) in [6.07, 6.45) is 5.86. The van der Waals surface area contributed by atoms with Crippen molar-refractivity contribution in [1.82, 2.24) is 24.4 Å². The number of carbonyl (C=O) groups is 1. The second-order valence-electron chi connectivity index (χ2n) is 7.47. The fourth-order valence-corrected chi connectivity index (χ4v) is 5.20. The van der Waals surface area contributed by atoms with Crippen molar-refractivity contribution in [2.45, 2.75) is 45.7 Å². The maximum absolute atomic E-state index is 12.5. The van der Waals surface area contributed by atoms with Gasteiger partial charge in [0.05, 0.1) is 12.3 Å². The van der Waals surface area contributed by atoms with Crippen LogP contribution >= 0.6 is 0 Å². The van der Waals surface area contributed by atoms with Crippen molar-refractivity contribution < 1.29 is 13.2 Å². The Hall–Kier alpha value is -2.26. The number of piperidine rings is 1. The standard InChI is InChI=1S/C20H29N5O3S/c1-2-3-11-29(27,28)25-9-7-19(8-10-25)20(26)22-13-17-5-4-6-18(12-17)14-24-16-21-15-23-24/h4-6,12,15-16,19H,2-3,7-11,13-14H2,1H3,(H,22,26). The van der Waals surface area contributed by atoms with E-state index in [0.29, 0.717) is 45.4 Å². The maximum Gasteiger partial charge on any atom is 0.223 e. The van der Waals surface area contributed by atoms with Crippen molar-refractivity contribution in [3.8, 4) is 0 Å². The average Bonchev–Trinajstić information content (AvgIpc) is 3.24. The van der Waals surface area contributed by atoms with Gasteiger partial charge < -0.3 is 5.32 Å². The molecule has 8 nitrogen and oxygen atoms in total. The van der Waals surface area contributed by atoms with Gasteiger partial charge in [0.25, 0.3) is 0 Å². The quantitative estimate of drug-likeness (QED) is 0.668.